The van der Waals surface area contributed by atoms with Crippen molar-refractivity contribution in [1.82, 2.24) is 0 Å². The topological polar surface area (TPSA) is 83.1 Å². The minimum Gasteiger partial charge on any atom is -0.493 e. The van der Waals surface area contributed by atoms with Gasteiger partial charge in [0.2, 0.25) is 0 Å². The Balaban J connectivity index is 2.00. The van der Waals surface area contributed by atoms with Gasteiger partial charge in [-0.25, -0.2) is 0 Å². The second-order valence-corrected chi connectivity index (χ2v) is 5.24. The quantitative estimate of drug-likeness (QED) is 0.587. The number of benzene rings is 2. The van der Waals surface area contributed by atoms with Crippen molar-refractivity contribution in [3.05, 3.63) is 58.6 Å². The fraction of sp³-hybridized carbons (Fsp3) is 0.176. The third-order valence-corrected chi connectivity index (χ3v) is 3.23. The molecule has 1 amide bonds. The van der Waals surface area contributed by atoms with Gasteiger partial charge in [-0.1, -0.05) is 28.9 Å². The van der Waals surface area contributed by atoms with Crippen molar-refractivity contribution in [2.24, 2.45) is 10.9 Å². The maximum absolute atomic E-state index is 10.5. The van der Waals surface area contributed by atoms with E-state index in [2.05, 4.69) is 5.16 Å². The smallest absolute Gasteiger partial charge is 0.258 e. The monoisotopic (exact) mass is 348 g/mol. The van der Waals surface area contributed by atoms with Crippen molar-refractivity contribution in [2.45, 2.75) is 6.61 Å². The minimum atomic E-state index is -0.587. The molecule has 0 unspecified atom stereocenters. The predicted molar refractivity (Wildman–Crippen MR) is 91.5 cm³/mol. The van der Waals surface area contributed by atoms with Crippen LogP contribution in [0.25, 0.3) is 0 Å². The van der Waals surface area contributed by atoms with E-state index in [-0.39, 0.29) is 6.61 Å². The van der Waals surface area contributed by atoms with Gasteiger partial charge in [-0.15, -0.1) is 0 Å². The molecule has 6 nitrogen and oxygen atoms in total. The van der Waals surface area contributed by atoms with E-state index in [0.29, 0.717) is 23.1 Å². The number of oxime groups is 1. The Labute approximate surface area is 144 Å². The van der Waals surface area contributed by atoms with Crippen LogP contribution in [0.5, 0.6) is 11.5 Å². The van der Waals surface area contributed by atoms with Crippen molar-refractivity contribution in [2.75, 3.05) is 13.7 Å². The van der Waals surface area contributed by atoms with E-state index in [1.165, 1.54) is 6.21 Å². The zero-order valence-corrected chi connectivity index (χ0v) is 13.8. The number of rotatable bonds is 8. The Bertz CT molecular complexity index is 717. The van der Waals surface area contributed by atoms with E-state index < -0.39 is 5.91 Å². The number of halogens is 1. The SMILES string of the molecule is COc1cc(/C=N/OCC(N)=O)ccc1OCc1ccc(Cl)cc1. The number of hydrogen-bond acceptors (Lipinski definition) is 5. The summed E-state index contributed by atoms with van der Waals surface area (Å²) in [7, 11) is 1.55. The first-order chi connectivity index (χ1) is 11.6. The van der Waals surface area contributed by atoms with Crippen LogP contribution in [0, 0.1) is 0 Å². The molecule has 0 bridgehead atoms. The molecule has 0 aliphatic carbocycles. The highest BCUT2D eigenvalue weighted by atomic mass is 35.5. The lowest BCUT2D eigenvalue weighted by molar-refractivity contribution is -0.122. The highest BCUT2D eigenvalue weighted by molar-refractivity contribution is 6.30. The molecule has 0 radical (unpaired) electrons. The lowest BCUT2D eigenvalue weighted by Crippen LogP contribution is -2.16. The van der Waals surface area contributed by atoms with Crippen LogP contribution in [0.2, 0.25) is 5.02 Å². The summed E-state index contributed by atoms with van der Waals surface area (Å²) >= 11 is 5.85. The molecule has 0 atom stereocenters. The molecule has 0 aromatic heterocycles. The molecule has 0 heterocycles. The van der Waals surface area contributed by atoms with Crippen LogP contribution < -0.4 is 15.2 Å². The van der Waals surface area contributed by atoms with Gasteiger partial charge in [-0.2, -0.15) is 0 Å². The predicted octanol–water partition coefficient (Wildman–Crippen LogP) is 2.76. The summed E-state index contributed by atoms with van der Waals surface area (Å²) in [4.78, 5) is 15.3. The number of methoxy groups -OCH3 is 1. The zero-order valence-electron chi connectivity index (χ0n) is 13.1. The lowest BCUT2D eigenvalue weighted by atomic mass is 10.2. The summed E-state index contributed by atoms with van der Waals surface area (Å²) in [5.41, 5.74) is 6.67. The first-order valence-electron chi connectivity index (χ1n) is 7.07. The Kier molecular flexibility index (Phi) is 6.45. The molecular formula is C17H17ClN2O4. The van der Waals surface area contributed by atoms with Crippen LogP contribution in [0.4, 0.5) is 0 Å². The first-order valence-corrected chi connectivity index (χ1v) is 7.45. The van der Waals surface area contributed by atoms with Crippen LogP contribution in [0.1, 0.15) is 11.1 Å². The molecule has 0 saturated heterocycles. The van der Waals surface area contributed by atoms with Gasteiger partial charge in [0.1, 0.15) is 6.61 Å². The van der Waals surface area contributed by atoms with Crippen molar-refractivity contribution in [1.29, 1.82) is 0 Å². The molecule has 126 valence electrons. The molecule has 24 heavy (non-hydrogen) atoms. The van der Waals surface area contributed by atoms with Gasteiger partial charge in [0.25, 0.3) is 5.91 Å². The van der Waals surface area contributed by atoms with Gasteiger partial charge in [-0.3, -0.25) is 4.79 Å². The average molecular weight is 349 g/mol. The highest BCUT2D eigenvalue weighted by Gasteiger charge is 2.06. The Morgan fingerprint density at radius 1 is 1.21 bits per heavy atom. The molecular weight excluding hydrogens is 332 g/mol. The third-order valence-electron chi connectivity index (χ3n) is 2.98. The molecule has 7 heteroatoms. The van der Waals surface area contributed by atoms with Crippen LogP contribution >= 0.6 is 11.6 Å². The summed E-state index contributed by atoms with van der Waals surface area (Å²) < 4.78 is 11.1. The molecule has 0 aliphatic heterocycles. The summed E-state index contributed by atoms with van der Waals surface area (Å²) in [6, 6.07) is 12.7. The number of carbonyl (C=O) groups excluding carboxylic acids is 1. The Morgan fingerprint density at radius 2 is 1.96 bits per heavy atom. The van der Waals surface area contributed by atoms with Gasteiger partial charge in [0.15, 0.2) is 18.1 Å². The molecule has 0 spiro atoms. The van der Waals surface area contributed by atoms with Crippen molar-refractivity contribution >= 4 is 23.7 Å². The summed E-state index contributed by atoms with van der Waals surface area (Å²) in [6.07, 6.45) is 1.45. The van der Waals surface area contributed by atoms with Gasteiger partial charge in [0, 0.05) is 10.6 Å². The second-order valence-electron chi connectivity index (χ2n) is 4.80. The van der Waals surface area contributed by atoms with E-state index in [1.807, 2.05) is 24.3 Å². The van der Waals surface area contributed by atoms with Crippen LogP contribution in [0.3, 0.4) is 0 Å². The summed E-state index contributed by atoms with van der Waals surface area (Å²) in [6.45, 7) is 0.124. The maximum atomic E-state index is 10.5. The summed E-state index contributed by atoms with van der Waals surface area (Å²) in [5.74, 6) is 0.571. The van der Waals surface area contributed by atoms with E-state index in [1.54, 1.807) is 25.3 Å². The molecule has 0 saturated carbocycles. The fourth-order valence-corrected chi connectivity index (χ4v) is 1.95. The zero-order chi connectivity index (χ0) is 17.4. The number of amides is 1. The van der Waals surface area contributed by atoms with E-state index in [9.17, 15) is 4.79 Å². The lowest BCUT2D eigenvalue weighted by Gasteiger charge is -2.11. The Hall–Kier alpha value is -2.73. The second kappa shape index (κ2) is 8.79. The molecule has 0 aliphatic rings. The van der Waals surface area contributed by atoms with Crippen LogP contribution in [0.15, 0.2) is 47.6 Å². The molecule has 2 rings (SSSR count). The van der Waals surface area contributed by atoms with Crippen molar-refractivity contribution < 1.29 is 19.1 Å². The number of hydrogen-bond donors (Lipinski definition) is 1. The van der Waals surface area contributed by atoms with Gasteiger partial charge in [-0.05, 0) is 35.9 Å². The molecule has 2 aromatic carbocycles. The largest absolute Gasteiger partial charge is 0.493 e. The highest BCUT2D eigenvalue weighted by Crippen LogP contribution is 2.28. The summed E-state index contributed by atoms with van der Waals surface area (Å²) in [5, 5.41) is 4.33. The van der Waals surface area contributed by atoms with Crippen molar-refractivity contribution in [3.8, 4) is 11.5 Å². The minimum absolute atomic E-state index is 0.268. The first kappa shape index (κ1) is 17.6. The Morgan fingerprint density at radius 3 is 2.62 bits per heavy atom. The fourth-order valence-electron chi connectivity index (χ4n) is 1.82. The van der Waals surface area contributed by atoms with Crippen LogP contribution in [-0.2, 0) is 16.2 Å². The number of carbonyl (C=O) groups is 1. The number of nitrogens with two attached hydrogens (primary N) is 1. The standard InChI is InChI=1S/C17H17ClN2O4/c1-22-16-8-13(9-20-24-11-17(19)21)4-7-15(16)23-10-12-2-5-14(18)6-3-12/h2-9H,10-11H2,1H3,(H2,19,21)/b20-9+. The van der Waals surface area contributed by atoms with Gasteiger partial charge < -0.3 is 20.0 Å². The van der Waals surface area contributed by atoms with E-state index >= 15 is 0 Å². The molecule has 0 fully saturated rings. The molecule has 2 N–H and O–H groups in total. The number of nitrogens with zero attached hydrogens (tertiary/aromatic N) is 1. The molecule has 2 aromatic rings. The number of primary amides is 1. The van der Waals surface area contributed by atoms with Crippen LogP contribution in [-0.4, -0.2) is 25.8 Å². The van der Waals surface area contributed by atoms with E-state index in [0.717, 1.165) is 11.1 Å². The third kappa shape index (κ3) is 5.48. The van der Waals surface area contributed by atoms with Gasteiger partial charge in [0.05, 0.1) is 13.3 Å². The average Bonchev–Trinajstić information content (AvgIpc) is 2.58. The number of ether oxygens (including phenoxy) is 2. The van der Waals surface area contributed by atoms with Gasteiger partial charge >= 0.3 is 0 Å². The maximum Gasteiger partial charge on any atom is 0.258 e. The van der Waals surface area contributed by atoms with E-state index in [4.69, 9.17) is 31.6 Å². The van der Waals surface area contributed by atoms with Crippen molar-refractivity contribution in [3.63, 3.8) is 0 Å². The normalized spacial score (nSPS) is 10.6.